The van der Waals surface area contributed by atoms with E-state index in [9.17, 15) is 9.59 Å². The first-order chi connectivity index (χ1) is 11.0. The molecule has 2 rings (SSSR count). The standard InChI is InChI=1S/C15H15Cl2N3O3/c1-9(14(21)18-8-11-3-2-6-23-11)19-15(22)20-10-4-5-12(16)13(17)7-10/h2-7,9H,8H2,1H3,(H,18,21)(H2,19,20,22). The minimum atomic E-state index is -0.715. The molecule has 0 fully saturated rings. The van der Waals surface area contributed by atoms with E-state index in [0.29, 0.717) is 21.5 Å². The average Bonchev–Trinajstić information content (AvgIpc) is 3.01. The third-order valence-corrected chi connectivity index (χ3v) is 3.67. The molecular formula is C15H15Cl2N3O3. The molecule has 0 spiro atoms. The van der Waals surface area contributed by atoms with Crippen molar-refractivity contribution in [3.05, 3.63) is 52.4 Å². The maximum Gasteiger partial charge on any atom is 0.319 e. The summed E-state index contributed by atoms with van der Waals surface area (Å²) < 4.78 is 5.11. The molecule has 0 radical (unpaired) electrons. The van der Waals surface area contributed by atoms with Crippen molar-refractivity contribution in [1.82, 2.24) is 10.6 Å². The smallest absolute Gasteiger partial charge is 0.319 e. The Balaban J connectivity index is 1.81. The fourth-order valence-electron chi connectivity index (χ4n) is 1.74. The molecule has 0 aliphatic heterocycles. The molecule has 8 heteroatoms. The zero-order valence-corrected chi connectivity index (χ0v) is 13.7. The van der Waals surface area contributed by atoms with Crippen LogP contribution < -0.4 is 16.0 Å². The van der Waals surface area contributed by atoms with Gasteiger partial charge < -0.3 is 20.4 Å². The number of amides is 3. The van der Waals surface area contributed by atoms with E-state index < -0.39 is 12.1 Å². The Hall–Kier alpha value is -2.18. The van der Waals surface area contributed by atoms with Gasteiger partial charge in [0, 0.05) is 5.69 Å². The van der Waals surface area contributed by atoms with Gasteiger partial charge in [0.15, 0.2) is 0 Å². The molecule has 0 bridgehead atoms. The van der Waals surface area contributed by atoms with Gasteiger partial charge in [-0.05, 0) is 37.3 Å². The summed E-state index contributed by atoms with van der Waals surface area (Å²) in [6.07, 6.45) is 1.52. The molecule has 1 aromatic heterocycles. The molecule has 3 N–H and O–H groups in total. The van der Waals surface area contributed by atoms with Crippen LogP contribution >= 0.6 is 23.2 Å². The van der Waals surface area contributed by atoms with E-state index in [2.05, 4.69) is 16.0 Å². The van der Waals surface area contributed by atoms with E-state index >= 15 is 0 Å². The predicted molar refractivity (Wildman–Crippen MR) is 88.6 cm³/mol. The van der Waals surface area contributed by atoms with Gasteiger partial charge in [-0.3, -0.25) is 4.79 Å². The summed E-state index contributed by atoms with van der Waals surface area (Å²) in [4.78, 5) is 23.8. The summed E-state index contributed by atoms with van der Waals surface area (Å²) in [5.74, 6) is 0.302. The number of carbonyl (C=O) groups excluding carboxylic acids is 2. The summed E-state index contributed by atoms with van der Waals surface area (Å²) in [6.45, 7) is 1.83. The second-order valence-electron chi connectivity index (χ2n) is 4.75. The zero-order valence-electron chi connectivity index (χ0n) is 12.2. The van der Waals surface area contributed by atoms with Crippen molar-refractivity contribution < 1.29 is 14.0 Å². The van der Waals surface area contributed by atoms with Crippen LogP contribution in [0.5, 0.6) is 0 Å². The number of hydrogen-bond donors (Lipinski definition) is 3. The number of rotatable bonds is 5. The maximum atomic E-state index is 11.9. The van der Waals surface area contributed by atoms with Gasteiger partial charge in [0.25, 0.3) is 0 Å². The van der Waals surface area contributed by atoms with Crippen LogP contribution in [-0.2, 0) is 11.3 Å². The summed E-state index contributed by atoms with van der Waals surface area (Å²) in [5, 5.41) is 8.47. The lowest BCUT2D eigenvalue weighted by Crippen LogP contribution is -2.46. The van der Waals surface area contributed by atoms with Gasteiger partial charge in [-0.15, -0.1) is 0 Å². The Labute approximate surface area is 143 Å². The van der Waals surface area contributed by atoms with E-state index in [-0.39, 0.29) is 12.5 Å². The van der Waals surface area contributed by atoms with Crippen LogP contribution in [0.2, 0.25) is 10.0 Å². The highest BCUT2D eigenvalue weighted by molar-refractivity contribution is 6.42. The number of furan rings is 1. The molecule has 6 nitrogen and oxygen atoms in total. The van der Waals surface area contributed by atoms with Crippen molar-refractivity contribution in [2.45, 2.75) is 19.5 Å². The molecule has 23 heavy (non-hydrogen) atoms. The predicted octanol–water partition coefficient (Wildman–Crippen LogP) is 3.41. The van der Waals surface area contributed by atoms with E-state index in [1.165, 1.54) is 12.3 Å². The number of nitrogens with one attached hydrogen (secondary N) is 3. The van der Waals surface area contributed by atoms with Crippen LogP contribution in [0.25, 0.3) is 0 Å². The quantitative estimate of drug-likeness (QED) is 0.768. The van der Waals surface area contributed by atoms with Crippen molar-refractivity contribution in [2.75, 3.05) is 5.32 Å². The second kappa shape index (κ2) is 7.89. The molecular weight excluding hydrogens is 341 g/mol. The van der Waals surface area contributed by atoms with Gasteiger partial charge in [-0.2, -0.15) is 0 Å². The van der Waals surface area contributed by atoms with Gasteiger partial charge in [0.1, 0.15) is 11.8 Å². The molecule has 0 aliphatic rings. The monoisotopic (exact) mass is 355 g/mol. The van der Waals surface area contributed by atoms with Crippen LogP contribution in [0.4, 0.5) is 10.5 Å². The minimum absolute atomic E-state index is 0.256. The lowest BCUT2D eigenvalue weighted by atomic mass is 10.3. The highest BCUT2D eigenvalue weighted by atomic mass is 35.5. The number of carbonyl (C=O) groups is 2. The average molecular weight is 356 g/mol. The zero-order chi connectivity index (χ0) is 16.8. The van der Waals surface area contributed by atoms with Crippen LogP contribution in [-0.4, -0.2) is 18.0 Å². The Morgan fingerprint density at radius 3 is 2.65 bits per heavy atom. The molecule has 1 unspecified atom stereocenters. The maximum absolute atomic E-state index is 11.9. The molecule has 1 atom stereocenters. The highest BCUT2D eigenvalue weighted by Crippen LogP contribution is 2.24. The van der Waals surface area contributed by atoms with Crippen LogP contribution in [0.1, 0.15) is 12.7 Å². The van der Waals surface area contributed by atoms with Crippen LogP contribution in [0.15, 0.2) is 41.0 Å². The summed E-state index contributed by atoms with van der Waals surface area (Å²) in [6, 6.07) is 6.93. The number of hydrogen-bond acceptors (Lipinski definition) is 3. The van der Waals surface area contributed by atoms with Crippen LogP contribution in [0, 0.1) is 0 Å². The Morgan fingerprint density at radius 1 is 1.22 bits per heavy atom. The topological polar surface area (TPSA) is 83.4 Å². The number of anilines is 1. The van der Waals surface area contributed by atoms with Crippen LogP contribution in [0.3, 0.4) is 0 Å². The second-order valence-corrected chi connectivity index (χ2v) is 5.56. The van der Waals surface area contributed by atoms with Gasteiger partial charge in [-0.1, -0.05) is 23.2 Å². The van der Waals surface area contributed by atoms with Crippen molar-refractivity contribution >= 4 is 40.8 Å². The van der Waals surface area contributed by atoms with Gasteiger partial charge >= 0.3 is 6.03 Å². The lowest BCUT2D eigenvalue weighted by Gasteiger charge is -2.14. The van der Waals surface area contributed by atoms with E-state index in [1.807, 2.05) is 0 Å². The fourth-order valence-corrected chi connectivity index (χ4v) is 2.04. The molecule has 0 saturated carbocycles. The van der Waals surface area contributed by atoms with Crippen molar-refractivity contribution in [2.24, 2.45) is 0 Å². The highest BCUT2D eigenvalue weighted by Gasteiger charge is 2.15. The molecule has 122 valence electrons. The van der Waals surface area contributed by atoms with E-state index in [1.54, 1.807) is 31.2 Å². The number of benzene rings is 1. The number of urea groups is 1. The van der Waals surface area contributed by atoms with Gasteiger partial charge in [0.05, 0.1) is 22.9 Å². The molecule has 1 heterocycles. The summed E-state index contributed by atoms with van der Waals surface area (Å²) in [7, 11) is 0. The molecule has 0 aliphatic carbocycles. The molecule has 3 amide bonds. The normalized spacial score (nSPS) is 11.6. The Kier molecular flexibility index (Phi) is 5.90. The molecule has 1 aromatic carbocycles. The number of halogens is 2. The third kappa shape index (κ3) is 5.19. The lowest BCUT2D eigenvalue weighted by molar-refractivity contribution is -0.122. The fraction of sp³-hybridized carbons (Fsp3) is 0.200. The van der Waals surface area contributed by atoms with Gasteiger partial charge in [0.2, 0.25) is 5.91 Å². The molecule has 0 saturated heterocycles. The first-order valence-corrected chi connectivity index (χ1v) is 7.54. The third-order valence-electron chi connectivity index (χ3n) is 2.94. The van der Waals surface area contributed by atoms with Crippen molar-refractivity contribution in [3.8, 4) is 0 Å². The molecule has 2 aromatic rings. The van der Waals surface area contributed by atoms with Gasteiger partial charge in [-0.25, -0.2) is 4.79 Å². The first-order valence-electron chi connectivity index (χ1n) is 6.78. The van der Waals surface area contributed by atoms with Crippen molar-refractivity contribution in [3.63, 3.8) is 0 Å². The van der Waals surface area contributed by atoms with E-state index in [0.717, 1.165) is 0 Å². The van der Waals surface area contributed by atoms with Crippen molar-refractivity contribution in [1.29, 1.82) is 0 Å². The van der Waals surface area contributed by atoms with E-state index in [4.69, 9.17) is 27.6 Å². The SMILES string of the molecule is CC(NC(=O)Nc1ccc(Cl)c(Cl)c1)C(=O)NCc1ccco1. The largest absolute Gasteiger partial charge is 0.467 e. The minimum Gasteiger partial charge on any atom is -0.467 e. The summed E-state index contributed by atoms with van der Waals surface area (Å²) in [5.41, 5.74) is 0.472. The Bertz CT molecular complexity index is 689. The Morgan fingerprint density at radius 2 is 2.00 bits per heavy atom. The summed E-state index contributed by atoms with van der Waals surface area (Å²) >= 11 is 11.7. The first kappa shape index (κ1) is 17.2.